The van der Waals surface area contributed by atoms with Crippen molar-refractivity contribution in [1.29, 1.82) is 0 Å². The van der Waals surface area contributed by atoms with E-state index in [9.17, 15) is 0 Å². The van der Waals surface area contributed by atoms with Gasteiger partial charge in [0, 0.05) is 4.90 Å². The van der Waals surface area contributed by atoms with Gasteiger partial charge in [-0.25, -0.2) is 9.97 Å². The van der Waals surface area contributed by atoms with Crippen LogP contribution in [0.2, 0.25) is 0 Å². The maximum atomic E-state index is 6.18. The number of para-hydroxylation sites is 1. The molecular formula is C17H17N5S. The number of hydrogen-bond acceptors (Lipinski definition) is 6. The van der Waals surface area contributed by atoms with Gasteiger partial charge in [0.2, 0.25) is 0 Å². The molecule has 0 atom stereocenters. The van der Waals surface area contributed by atoms with Gasteiger partial charge in [-0.05, 0) is 31.2 Å². The summed E-state index contributed by atoms with van der Waals surface area (Å²) >= 11 is 1.51. The van der Waals surface area contributed by atoms with E-state index in [1.807, 2.05) is 30.3 Å². The Labute approximate surface area is 139 Å². The van der Waals surface area contributed by atoms with E-state index >= 15 is 0 Å². The van der Waals surface area contributed by atoms with Gasteiger partial charge < -0.3 is 5.73 Å². The Bertz CT molecular complexity index is 775. The summed E-state index contributed by atoms with van der Waals surface area (Å²) < 4.78 is 0. The van der Waals surface area contributed by atoms with Crippen LogP contribution < -0.4 is 16.6 Å². The zero-order valence-electron chi connectivity index (χ0n) is 12.7. The summed E-state index contributed by atoms with van der Waals surface area (Å²) in [6, 6.07) is 18.0. The molecule has 3 aromatic rings. The summed E-state index contributed by atoms with van der Waals surface area (Å²) in [7, 11) is 0. The van der Waals surface area contributed by atoms with Gasteiger partial charge in [0.25, 0.3) is 0 Å². The smallest absolute Gasteiger partial charge is 0.172 e. The number of aryl methyl sites for hydroxylation is 1. The van der Waals surface area contributed by atoms with Crippen LogP contribution in [0, 0.1) is 6.92 Å². The fourth-order valence-corrected chi connectivity index (χ4v) is 2.73. The molecule has 0 amide bonds. The second kappa shape index (κ2) is 7.02. The second-order valence-electron chi connectivity index (χ2n) is 4.97. The molecule has 116 valence electrons. The van der Waals surface area contributed by atoms with Gasteiger partial charge in [0.15, 0.2) is 5.82 Å². The fourth-order valence-electron chi connectivity index (χ4n) is 1.93. The molecule has 0 aliphatic heterocycles. The maximum absolute atomic E-state index is 6.18. The van der Waals surface area contributed by atoms with Crippen LogP contribution in [-0.2, 0) is 0 Å². The van der Waals surface area contributed by atoms with Crippen LogP contribution in [0.25, 0.3) is 0 Å². The number of nitrogens with zero attached hydrogens (tertiary/aromatic N) is 2. The van der Waals surface area contributed by atoms with Crippen molar-refractivity contribution in [3.63, 3.8) is 0 Å². The van der Waals surface area contributed by atoms with Crippen LogP contribution in [0.3, 0.4) is 0 Å². The average Bonchev–Trinajstić information content (AvgIpc) is 2.58. The summed E-state index contributed by atoms with van der Waals surface area (Å²) in [5, 5.41) is 0.723. The molecule has 5 nitrogen and oxygen atoms in total. The van der Waals surface area contributed by atoms with Crippen LogP contribution in [0.5, 0.6) is 0 Å². The van der Waals surface area contributed by atoms with E-state index in [0.29, 0.717) is 11.5 Å². The van der Waals surface area contributed by atoms with Gasteiger partial charge in [0.05, 0.1) is 5.69 Å². The first-order valence-electron chi connectivity index (χ1n) is 7.14. The molecule has 0 unspecified atom stereocenters. The number of nitrogen functional groups attached to an aromatic ring is 1. The quantitative estimate of drug-likeness (QED) is 0.487. The third-order valence-corrected chi connectivity index (χ3v) is 4.21. The summed E-state index contributed by atoms with van der Waals surface area (Å²) in [5.74, 6) is 0.554. The molecule has 0 bridgehead atoms. The number of benzene rings is 2. The van der Waals surface area contributed by atoms with Crippen LogP contribution in [-0.4, -0.2) is 9.97 Å². The van der Waals surface area contributed by atoms with Gasteiger partial charge in [-0.3, -0.25) is 10.9 Å². The molecule has 0 aliphatic carbocycles. The van der Waals surface area contributed by atoms with E-state index in [0.717, 1.165) is 15.6 Å². The molecule has 0 saturated heterocycles. The van der Waals surface area contributed by atoms with E-state index < -0.39 is 0 Å². The van der Waals surface area contributed by atoms with Crippen molar-refractivity contribution >= 4 is 29.0 Å². The van der Waals surface area contributed by atoms with Crippen molar-refractivity contribution in [3.05, 3.63) is 66.5 Å². The number of nitrogens with one attached hydrogen (secondary N) is 2. The van der Waals surface area contributed by atoms with E-state index in [4.69, 9.17) is 5.73 Å². The van der Waals surface area contributed by atoms with Gasteiger partial charge in [-0.15, -0.1) is 0 Å². The highest BCUT2D eigenvalue weighted by atomic mass is 32.2. The first-order valence-corrected chi connectivity index (χ1v) is 7.96. The number of anilines is 3. The molecule has 0 spiro atoms. The van der Waals surface area contributed by atoms with Crippen molar-refractivity contribution in [1.82, 2.24) is 9.97 Å². The first-order chi connectivity index (χ1) is 11.2. The lowest BCUT2D eigenvalue weighted by atomic mass is 10.2. The number of nitrogens with two attached hydrogens (primary N) is 1. The van der Waals surface area contributed by atoms with Crippen molar-refractivity contribution < 1.29 is 0 Å². The number of rotatable bonds is 5. The molecule has 0 saturated carbocycles. The minimum absolute atomic E-state index is 0.515. The minimum Gasteiger partial charge on any atom is -0.393 e. The lowest BCUT2D eigenvalue weighted by Gasteiger charge is -2.12. The lowest BCUT2D eigenvalue weighted by molar-refractivity contribution is 1.05. The lowest BCUT2D eigenvalue weighted by Crippen LogP contribution is -2.12. The molecular weight excluding hydrogens is 306 g/mol. The topological polar surface area (TPSA) is 75.9 Å². The van der Waals surface area contributed by atoms with Crippen LogP contribution in [0.1, 0.15) is 5.56 Å². The van der Waals surface area contributed by atoms with Gasteiger partial charge in [0.1, 0.15) is 17.0 Å². The van der Waals surface area contributed by atoms with E-state index in [2.05, 4.69) is 52.0 Å². The highest BCUT2D eigenvalue weighted by Crippen LogP contribution is 2.32. The Balaban J connectivity index is 1.74. The molecule has 0 radical (unpaired) electrons. The number of aromatic nitrogens is 2. The van der Waals surface area contributed by atoms with Crippen molar-refractivity contribution in [3.8, 4) is 0 Å². The van der Waals surface area contributed by atoms with Crippen LogP contribution in [0.4, 0.5) is 17.2 Å². The van der Waals surface area contributed by atoms with Crippen molar-refractivity contribution in [2.75, 3.05) is 16.6 Å². The fraction of sp³-hybridized carbons (Fsp3) is 0.0588. The summed E-state index contributed by atoms with van der Waals surface area (Å²) in [5.41, 5.74) is 14.9. The predicted molar refractivity (Wildman–Crippen MR) is 95.4 cm³/mol. The monoisotopic (exact) mass is 323 g/mol. The minimum atomic E-state index is 0.515. The van der Waals surface area contributed by atoms with Gasteiger partial charge >= 0.3 is 0 Å². The highest BCUT2D eigenvalue weighted by molar-refractivity contribution is 7.99. The Morgan fingerprint density at radius 1 is 0.913 bits per heavy atom. The zero-order chi connectivity index (χ0) is 16.1. The first kappa shape index (κ1) is 15.2. The third-order valence-electron chi connectivity index (χ3n) is 3.18. The molecule has 6 heteroatoms. The summed E-state index contributed by atoms with van der Waals surface area (Å²) in [6.45, 7) is 2.06. The zero-order valence-corrected chi connectivity index (χ0v) is 13.5. The van der Waals surface area contributed by atoms with Crippen LogP contribution in [0.15, 0.2) is 70.8 Å². The molecule has 1 aromatic heterocycles. The Morgan fingerprint density at radius 2 is 1.65 bits per heavy atom. The van der Waals surface area contributed by atoms with E-state index in [1.165, 1.54) is 23.7 Å². The van der Waals surface area contributed by atoms with Gasteiger partial charge in [-0.1, -0.05) is 47.7 Å². The standard InChI is InChI=1S/C17H17N5S/c1-12-7-9-14(10-8-12)23-17-15(18)16(19-11-20-17)22-21-13-5-3-2-4-6-13/h2-11,21H,18H2,1H3,(H,19,20,22). The highest BCUT2D eigenvalue weighted by Gasteiger charge is 2.09. The van der Waals surface area contributed by atoms with E-state index in [-0.39, 0.29) is 0 Å². The van der Waals surface area contributed by atoms with Gasteiger partial charge in [-0.2, -0.15) is 0 Å². The predicted octanol–water partition coefficient (Wildman–Crippen LogP) is 3.96. The third kappa shape index (κ3) is 3.92. The van der Waals surface area contributed by atoms with E-state index in [1.54, 1.807) is 0 Å². The molecule has 0 aliphatic rings. The second-order valence-corrected chi connectivity index (χ2v) is 6.03. The molecule has 3 rings (SSSR count). The van der Waals surface area contributed by atoms with Crippen molar-refractivity contribution in [2.24, 2.45) is 0 Å². The normalized spacial score (nSPS) is 10.3. The summed E-state index contributed by atoms with van der Waals surface area (Å²) in [4.78, 5) is 9.54. The molecule has 1 heterocycles. The molecule has 0 fully saturated rings. The Kier molecular flexibility index (Phi) is 4.63. The summed E-state index contributed by atoms with van der Waals surface area (Å²) in [6.07, 6.45) is 1.50. The number of hydrazine groups is 1. The number of hydrogen-bond donors (Lipinski definition) is 3. The van der Waals surface area contributed by atoms with Crippen LogP contribution >= 0.6 is 11.8 Å². The molecule has 4 N–H and O–H groups in total. The molecule has 23 heavy (non-hydrogen) atoms. The largest absolute Gasteiger partial charge is 0.393 e. The Morgan fingerprint density at radius 3 is 2.39 bits per heavy atom. The Hall–Kier alpha value is -2.73. The molecule has 2 aromatic carbocycles. The maximum Gasteiger partial charge on any atom is 0.172 e. The SMILES string of the molecule is Cc1ccc(Sc2ncnc(NNc3ccccc3)c2N)cc1. The average molecular weight is 323 g/mol. The van der Waals surface area contributed by atoms with Crippen molar-refractivity contribution in [2.45, 2.75) is 16.8 Å².